The average molecular weight is 248 g/mol. The van der Waals surface area contributed by atoms with Crippen LogP contribution in [-0.2, 0) is 12.8 Å². The van der Waals surface area contributed by atoms with E-state index < -0.39 is 12.6 Å². The molecule has 0 atom stereocenters. The Bertz CT molecular complexity index is 355. The molecule has 17 heavy (non-hydrogen) atoms. The molecule has 2 heterocycles. The summed E-state index contributed by atoms with van der Waals surface area (Å²) in [6, 6.07) is 0. The second-order valence-corrected chi connectivity index (χ2v) is 4.39. The summed E-state index contributed by atoms with van der Waals surface area (Å²) in [5.74, 6) is 0.889. The highest BCUT2D eigenvalue weighted by molar-refractivity contribution is 4.94. The molecule has 4 nitrogen and oxygen atoms in total. The van der Waals surface area contributed by atoms with Gasteiger partial charge in [0.05, 0.1) is 0 Å². The quantitative estimate of drug-likeness (QED) is 0.851. The molecule has 0 bridgehead atoms. The number of H-pyrrole nitrogens is 1. The van der Waals surface area contributed by atoms with Gasteiger partial charge >= 0.3 is 6.18 Å². The van der Waals surface area contributed by atoms with Gasteiger partial charge in [-0.05, 0) is 31.8 Å². The van der Waals surface area contributed by atoms with Gasteiger partial charge < -0.3 is 5.32 Å². The monoisotopic (exact) mass is 248 g/mol. The zero-order valence-electron chi connectivity index (χ0n) is 9.35. The normalized spacial score (nSPS) is 18.5. The number of halogens is 3. The van der Waals surface area contributed by atoms with Gasteiger partial charge in [-0.15, -0.1) is 0 Å². The maximum absolute atomic E-state index is 12.1. The van der Waals surface area contributed by atoms with Gasteiger partial charge in [0, 0.05) is 6.42 Å². The first kappa shape index (κ1) is 12.3. The minimum atomic E-state index is -4.24. The minimum absolute atomic E-state index is 0.165. The van der Waals surface area contributed by atoms with E-state index in [1.807, 2.05) is 0 Å². The van der Waals surface area contributed by atoms with Crippen LogP contribution in [-0.4, -0.2) is 34.4 Å². The average Bonchev–Trinajstić information content (AvgIpc) is 2.64. The summed E-state index contributed by atoms with van der Waals surface area (Å²) in [6.45, 7) is 1.93. The molecule has 1 aliphatic heterocycles. The number of nitrogens with one attached hydrogen (secondary N) is 2. The van der Waals surface area contributed by atoms with Crippen LogP contribution in [0.2, 0.25) is 0 Å². The summed E-state index contributed by atoms with van der Waals surface area (Å²) in [4.78, 5) is 3.88. The third-order valence-electron chi connectivity index (χ3n) is 2.88. The highest BCUT2D eigenvalue weighted by Crippen LogP contribution is 2.20. The van der Waals surface area contributed by atoms with Crippen LogP contribution in [0, 0.1) is 5.92 Å². The number of aromatic amines is 1. The first-order chi connectivity index (χ1) is 8.03. The van der Waals surface area contributed by atoms with Crippen LogP contribution in [0.1, 0.15) is 24.5 Å². The first-order valence-corrected chi connectivity index (χ1v) is 5.70. The molecule has 0 unspecified atom stereocenters. The van der Waals surface area contributed by atoms with Crippen LogP contribution in [0.5, 0.6) is 0 Å². The van der Waals surface area contributed by atoms with Crippen molar-refractivity contribution in [2.24, 2.45) is 5.92 Å². The predicted molar refractivity (Wildman–Crippen MR) is 55.4 cm³/mol. The molecular formula is C10H15F3N4. The number of alkyl halides is 3. The molecule has 2 N–H and O–H groups in total. The SMILES string of the molecule is FC(F)(F)Cc1n[nH]c(CC2CCNCC2)n1. The fourth-order valence-electron chi connectivity index (χ4n) is 2.04. The summed E-state index contributed by atoms with van der Waals surface area (Å²) in [7, 11) is 0. The Morgan fingerprint density at radius 3 is 2.59 bits per heavy atom. The van der Waals surface area contributed by atoms with Crippen LogP contribution in [0.15, 0.2) is 0 Å². The van der Waals surface area contributed by atoms with Crippen LogP contribution in [0.3, 0.4) is 0 Å². The van der Waals surface area contributed by atoms with E-state index in [1.165, 1.54) is 0 Å². The largest absolute Gasteiger partial charge is 0.396 e. The van der Waals surface area contributed by atoms with E-state index in [0.29, 0.717) is 18.2 Å². The Hall–Kier alpha value is -1.11. The van der Waals surface area contributed by atoms with Gasteiger partial charge in [-0.1, -0.05) is 0 Å². The van der Waals surface area contributed by atoms with Crippen molar-refractivity contribution in [3.63, 3.8) is 0 Å². The predicted octanol–water partition coefficient (Wildman–Crippen LogP) is 1.45. The van der Waals surface area contributed by atoms with Crippen molar-refractivity contribution < 1.29 is 13.2 Å². The standard InChI is InChI=1S/C10H15F3N4/c11-10(12,13)6-9-15-8(16-17-9)5-7-1-3-14-4-2-7/h7,14H,1-6H2,(H,15,16,17). The van der Waals surface area contributed by atoms with Crippen LogP contribution >= 0.6 is 0 Å². The fourth-order valence-corrected chi connectivity index (χ4v) is 2.04. The lowest BCUT2D eigenvalue weighted by atomic mass is 9.94. The van der Waals surface area contributed by atoms with E-state index in [9.17, 15) is 13.2 Å². The van der Waals surface area contributed by atoms with E-state index in [2.05, 4.69) is 20.5 Å². The van der Waals surface area contributed by atoms with Crippen molar-refractivity contribution in [3.8, 4) is 0 Å². The molecule has 1 fully saturated rings. The third-order valence-corrected chi connectivity index (χ3v) is 2.88. The maximum Gasteiger partial charge on any atom is 0.396 e. The van der Waals surface area contributed by atoms with Crippen LogP contribution in [0.4, 0.5) is 13.2 Å². The van der Waals surface area contributed by atoms with Crippen molar-refractivity contribution in [2.75, 3.05) is 13.1 Å². The molecule has 0 saturated carbocycles. The highest BCUT2D eigenvalue weighted by Gasteiger charge is 2.30. The lowest BCUT2D eigenvalue weighted by Gasteiger charge is -2.21. The lowest BCUT2D eigenvalue weighted by molar-refractivity contribution is -0.128. The molecule has 2 rings (SSSR count). The second-order valence-electron chi connectivity index (χ2n) is 4.39. The smallest absolute Gasteiger partial charge is 0.317 e. The Kier molecular flexibility index (Phi) is 3.66. The zero-order valence-corrected chi connectivity index (χ0v) is 9.35. The molecule has 1 aromatic rings. The topological polar surface area (TPSA) is 53.6 Å². The number of nitrogens with zero attached hydrogens (tertiary/aromatic N) is 2. The molecule has 0 aliphatic carbocycles. The van der Waals surface area contributed by atoms with Crippen LogP contribution in [0.25, 0.3) is 0 Å². The number of hydrogen-bond acceptors (Lipinski definition) is 3. The molecule has 1 aliphatic rings. The molecule has 0 amide bonds. The van der Waals surface area contributed by atoms with Crippen LogP contribution < -0.4 is 5.32 Å². The minimum Gasteiger partial charge on any atom is -0.317 e. The summed E-state index contributed by atoms with van der Waals surface area (Å²) in [6.07, 6.45) is -2.54. The van der Waals surface area contributed by atoms with Gasteiger partial charge in [0.2, 0.25) is 0 Å². The van der Waals surface area contributed by atoms with Gasteiger partial charge in [-0.25, -0.2) is 4.98 Å². The van der Waals surface area contributed by atoms with E-state index in [0.717, 1.165) is 25.9 Å². The fraction of sp³-hybridized carbons (Fsp3) is 0.800. The van der Waals surface area contributed by atoms with Gasteiger partial charge in [0.1, 0.15) is 12.2 Å². The van der Waals surface area contributed by atoms with Gasteiger partial charge in [0.15, 0.2) is 5.82 Å². The highest BCUT2D eigenvalue weighted by atomic mass is 19.4. The van der Waals surface area contributed by atoms with Crippen molar-refractivity contribution in [1.29, 1.82) is 0 Å². The Morgan fingerprint density at radius 2 is 1.94 bits per heavy atom. The van der Waals surface area contributed by atoms with E-state index >= 15 is 0 Å². The van der Waals surface area contributed by atoms with Gasteiger partial charge in [-0.3, -0.25) is 5.10 Å². The Labute approximate surface area is 97.0 Å². The Balaban J connectivity index is 1.89. The zero-order chi connectivity index (χ0) is 12.3. The Morgan fingerprint density at radius 1 is 1.24 bits per heavy atom. The van der Waals surface area contributed by atoms with Crippen molar-refractivity contribution in [1.82, 2.24) is 20.5 Å². The molecule has 1 saturated heterocycles. The van der Waals surface area contributed by atoms with Crippen molar-refractivity contribution >= 4 is 0 Å². The van der Waals surface area contributed by atoms with Gasteiger partial charge in [0.25, 0.3) is 0 Å². The summed E-state index contributed by atoms with van der Waals surface area (Å²) < 4.78 is 36.3. The number of hydrogen-bond donors (Lipinski definition) is 2. The molecule has 96 valence electrons. The molecule has 0 spiro atoms. The summed E-state index contributed by atoms with van der Waals surface area (Å²) in [5.41, 5.74) is 0. The van der Waals surface area contributed by atoms with E-state index in [4.69, 9.17) is 0 Å². The van der Waals surface area contributed by atoms with Crippen molar-refractivity contribution in [2.45, 2.75) is 31.9 Å². The summed E-state index contributed by atoms with van der Waals surface area (Å²) >= 11 is 0. The molecule has 0 aromatic carbocycles. The maximum atomic E-state index is 12.1. The molecule has 0 radical (unpaired) electrons. The summed E-state index contributed by atoms with van der Waals surface area (Å²) in [5, 5.41) is 9.43. The lowest BCUT2D eigenvalue weighted by Crippen LogP contribution is -2.28. The molecular weight excluding hydrogens is 233 g/mol. The number of aromatic nitrogens is 3. The number of piperidine rings is 1. The second kappa shape index (κ2) is 5.03. The molecule has 1 aromatic heterocycles. The van der Waals surface area contributed by atoms with Gasteiger partial charge in [-0.2, -0.15) is 18.3 Å². The molecule has 7 heteroatoms. The number of rotatable bonds is 3. The third kappa shape index (κ3) is 3.99. The van der Waals surface area contributed by atoms with Crippen molar-refractivity contribution in [3.05, 3.63) is 11.6 Å². The van der Waals surface area contributed by atoms with E-state index in [-0.39, 0.29) is 5.82 Å². The van der Waals surface area contributed by atoms with E-state index in [1.54, 1.807) is 0 Å². The first-order valence-electron chi connectivity index (χ1n) is 5.70.